The van der Waals surface area contributed by atoms with E-state index in [-0.39, 0.29) is 11.7 Å². The highest BCUT2D eigenvalue weighted by Crippen LogP contribution is 2.31. The van der Waals surface area contributed by atoms with E-state index in [0.717, 1.165) is 6.42 Å². The van der Waals surface area contributed by atoms with Crippen LogP contribution in [0, 0.1) is 0 Å². The van der Waals surface area contributed by atoms with Gasteiger partial charge in [0.2, 0.25) is 0 Å². The number of halogens is 1. The number of aromatic hydroxyl groups is 1. The molecule has 0 spiro atoms. The molecule has 1 saturated heterocycles. The summed E-state index contributed by atoms with van der Waals surface area (Å²) in [6.45, 7) is 1.39. The van der Waals surface area contributed by atoms with Crippen molar-refractivity contribution >= 4 is 21.8 Å². The van der Waals surface area contributed by atoms with Crippen LogP contribution in [0.1, 0.15) is 16.8 Å². The fraction of sp³-hybridized carbons (Fsp3) is 0.417. The number of phenolic OH excluding ortho intramolecular Hbond substituents is 1. The topological polar surface area (TPSA) is 49.8 Å². The standard InChI is InChI=1S/C12H14BrNO3/c1-17-10-4-2-3-9(11(10)15)12(16)14-6-5-8(13)7-14/h2-4,8,15H,5-7H2,1H3. The average molecular weight is 300 g/mol. The average Bonchev–Trinajstić information content (AvgIpc) is 2.75. The zero-order chi connectivity index (χ0) is 12.4. The van der Waals surface area contributed by atoms with Crippen molar-refractivity contribution in [1.82, 2.24) is 4.90 Å². The molecule has 1 atom stereocenters. The molecule has 0 radical (unpaired) electrons. The number of rotatable bonds is 2. The van der Waals surface area contributed by atoms with E-state index < -0.39 is 0 Å². The van der Waals surface area contributed by atoms with Crippen LogP contribution < -0.4 is 4.74 Å². The molecule has 1 unspecified atom stereocenters. The van der Waals surface area contributed by atoms with Gasteiger partial charge in [-0.15, -0.1) is 0 Å². The number of phenols is 1. The minimum atomic E-state index is -0.150. The maximum absolute atomic E-state index is 12.2. The van der Waals surface area contributed by atoms with Crippen LogP contribution in [0.5, 0.6) is 11.5 Å². The minimum absolute atomic E-state index is 0.0852. The Bertz CT molecular complexity index is 436. The van der Waals surface area contributed by atoms with Gasteiger partial charge in [-0.05, 0) is 18.6 Å². The summed E-state index contributed by atoms with van der Waals surface area (Å²) >= 11 is 3.49. The number of para-hydroxylation sites is 1. The lowest BCUT2D eigenvalue weighted by atomic mass is 10.1. The number of hydrogen-bond acceptors (Lipinski definition) is 3. The van der Waals surface area contributed by atoms with E-state index in [4.69, 9.17) is 4.74 Å². The lowest BCUT2D eigenvalue weighted by molar-refractivity contribution is 0.0790. The Kier molecular flexibility index (Phi) is 3.57. The summed E-state index contributed by atoms with van der Waals surface area (Å²) in [7, 11) is 1.47. The van der Waals surface area contributed by atoms with Gasteiger partial charge < -0.3 is 14.7 Å². The monoisotopic (exact) mass is 299 g/mol. The predicted molar refractivity (Wildman–Crippen MR) is 67.9 cm³/mol. The van der Waals surface area contributed by atoms with Crippen molar-refractivity contribution in [2.24, 2.45) is 0 Å². The second-order valence-electron chi connectivity index (χ2n) is 3.99. The van der Waals surface area contributed by atoms with Gasteiger partial charge in [-0.3, -0.25) is 4.79 Å². The van der Waals surface area contributed by atoms with Gasteiger partial charge >= 0.3 is 0 Å². The molecule has 2 rings (SSSR count). The number of likely N-dealkylation sites (tertiary alicyclic amines) is 1. The first kappa shape index (κ1) is 12.2. The van der Waals surface area contributed by atoms with Crippen molar-refractivity contribution in [3.8, 4) is 11.5 Å². The Morgan fingerprint density at radius 3 is 2.94 bits per heavy atom. The molecule has 1 aliphatic rings. The summed E-state index contributed by atoms with van der Waals surface area (Å²) in [6.07, 6.45) is 0.941. The van der Waals surface area contributed by atoms with Crippen LogP contribution in [0.25, 0.3) is 0 Å². The van der Waals surface area contributed by atoms with Gasteiger partial charge in [0.25, 0.3) is 5.91 Å². The number of benzene rings is 1. The molecule has 1 amide bonds. The van der Waals surface area contributed by atoms with E-state index in [1.807, 2.05) is 0 Å². The van der Waals surface area contributed by atoms with Gasteiger partial charge in [0.15, 0.2) is 11.5 Å². The molecular formula is C12H14BrNO3. The molecule has 0 saturated carbocycles. The molecular weight excluding hydrogens is 286 g/mol. The second kappa shape index (κ2) is 4.96. The van der Waals surface area contributed by atoms with Crippen LogP contribution in [-0.4, -0.2) is 40.9 Å². The summed E-state index contributed by atoms with van der Waals surface area (Å²) in [5.74, 6) is 0.0896. The van der Waals surface area contributed by atoms with Crippen LogP contribution in [0.3, 0.4) is 0 Å². The van der Waals surface area contributed by atoms with Gasteiger partial charge in [-0.2, -0.15) is 0 Å². The third-order valence-electron chi connectivity index (χ3n) is 2.87. The number of amides is 1. The van der Waals surface area contributed by atoms with Crippen LogP contribution >= 0.6 is 15.9 Å². The van der Waals surface area contributed by atoms with E-state index in [1.54, 1.807) is 23.1 Å². The zero-order valence-corrected chi connectivity index (χ0v) is 11.1. The molecule has 4 nitrogen and oxygen atoms in total. The van der Waals surface area contributed by atoms with Gasteiger partial charge in [0.1, 0.15) is 0 Å². The summed E-state index contributed by atoms with van der Waals surface area (Å²) in [4.78, 5) is 14.2. The quantitative estimate of drug-likeness (QED) is 0.850. The molecule has 5 heteroatoms. The first-order valence-corrected chi connectivity index (χ1v) is 6.34. The Morgan fingerprint density at radius 1 is 1.59 bits per heavy atom. The molecule has 1 heterocycles. The molecule has 1 aromatic rings. The molecule has 92 valence electrons. The van der Waals surface area contributed by atoms with Crippen molar-refractivity contribution in [1.29, 1.82) is 0 Å². The van der Waals surface area contributed by atoms with Gasteiger partial charge in [-0.25, -0.2) is 0 Å². The Hall–Kier alpha value is -1.23. The third kappa shape index (κ3) is 2.39. The lowest BCUT2D eigenvalue weighted by Crippen LogP contribution is -2.28. The molecule has 0 bridgehead atoms. The number of hydrogen-bond donors (Lipinski definition) is 1. The maximum atomic E-state index is 12.2. The normalized spacial score (nSPS) is 19.4. The van der Waals surface area contributed by atoms with Gasteiger partial charge in [-0.1, -0.05) is 22.0 Å². The smallest absolute Gasteiger partial charge is 0.257 e. The Morgan fingerprint density at radius 2 is 2.35 bits per heavy atom. The van der Waals surface area contributed by atoms with E-state index >= 15 is 0 Å². The second-order valence-corrected chi connectivity index (χ2v) is 5.29. The molecule has 1 N–H and O–H groups in total. The number of nitrogens with zero attached hydrogens (tertiary/aromatic N) is 1. The molecule has 1 fully saturated rings. The fourth-order valence-electron chi connectivity index (χ4n) is 1.93. The Labute approximate surface area is 108 Å². The summed E-state index contributed by atoms with van der Waals surface area (Å²) < 4.78 is 4.99. The summed E-state index contributed by atoms with van der Waals surface area (Å²) in [6, 6.07) is 4.94. The summed E-state index contributed by atoms with van der Waals surface area (Å²) in [5.41, 5.74) is 0.297. The van der Waals surface area contributed by atoms with Crippen molar-refractivity contribution in [2.75, 3.05) is 20.2 Å². The molecule has 0 aliphatic carbocycles. The van der Waals surface area contributed by atoms with Crippen molar-refractivity contribution in [3.63, 3.8) is 0 Å². The highest BCUT2D eigenvalue weighted by molar-refractivity contribution is 9.09. The molecule has 0 aromatic heterocycles. The van der Waals surface area contributed by atoms with Crippen LogP contribution in [0.15, 0.2) is 18.2 Å². The largest absolute Gasteiger partial charge is 0.504 e. The lowest BCUT2D eigenvalue weighted by Gasteiger charge is -2.17. The zero-order valence-electron chi connectivity index (χ0n) is 9.52. The predicted octanol–water partition coefficient (Wildman–Crippen LogP) is 2.01. The van der Waals surface area contributed by atoms with Crippen LogP contribution in [0.2, 0.25) is 0 Å². The van der Waals surface area contributed by atoms with E-state index in [0.29, 0.717) is 29.2 Å². The van der Waals surface area contributed by atoms with E-state index in [2.05, 4.69) is 15.9 Å². The number of methoxy groups -OCH3 is 1. The maximum Gasteiger partial charge on any atom is 0.257 e. The first-order chi connectivity index (χ1) is 8.13. The van der Waals surface area contributed by atoms with Crippen molar-refractivity contribution in [3.05, 3.63) is 23.8 Å². The number of carbonyl (C=O) groups is 1. The van der Waals surface area contributed by atoms with Gasteiger partial charge in [0, 0.05) is 17.9 Å². The minimum Gasteiger partial charge on any atom is -0.504 e. The highest BCUT2D eigenvalue weighted by atomic mass is 79.9. The summed E-state index contributed by atoms with van der Waals surface area (Å²) in [5, 5.41) is 9.90. The first-order valence-electron chi connectivity index (χ1n) is 5.42. The molecule has 1 aliphatic heterocycles. The van der Waals surface area contributed by atoms with Crippen LogP contribution in [-0.2, 0) is 0 Å². The van der Waals surface area contributed by atoms with Crippen LogP contribution in [0.4, 0.5) is 0 Å². The Balaban J connectivity index is 2.25. The van der Waals surface area contributed by atoms with E-state index in [1.165, 1.54) is 7.11 Å². The SMILES string of the molecule is COc1cccc(C(=O)N2CCC(Br)C2)c1O. The third-order valence-corrected chi connectivity index (χ3v) is 3.61. The molecule has 17 heavy (non-hydrogen) atoms. The molecule has 1 aromatic carbocycles. The number of carbonyl (C=O) groups excluding carboxylic acids is 1. The number of alkyl halides is 1. The number of ether oxygens (including phenoxy) is 1. The van der Waals surface area contributed by atoms with Gasteiger partial charge in [0.05, 0.1) is 12.7 Å². The fourth-order valence-corrected chi connectivity index (χ4v) is 2.49. The van der Waals surface area contributed by atoms with Crippen molar-refractivity contribution < 1.29 is 14.6 Å². The van der Waals surface area contributed by atoms with Crippen molar-refractivity contribution in [2.45, 2.75) is 11.2 Å². The highest BCUT2D eigenvalue weighted by Gasteiger charge is 2.27. The van der Waals surface area contributed by atoms with E-state index in [9.17, 15) is 9.90 Å².